The van der Waals surface area contributed by atoms with E-state index >= 15 is 0 Å². The van der Waals surface area contributed by atoms with E-state index in [1.165, 1.54) is 0 Å². The molecule has 0 amide bonds. The highest BCUT2D eigenvalue weighted by Gasteiger charge is 2.21. The van der Waals surface area contributed by atoms with Gasteiger partial charge in [-0.25, -0.2) is 4.98 Å². The summed E-state index contributed by atoms with van der Waals surface area (Å²) in [6.07, 6.45) is 1.79. The molecule has 0 aliphatic rings. The van der Waals surface area contributed by atoms with Crippen LogP contribution in [0.4, 0.5) is 0 Å². The Hall–Kier alpha value is -4.06. The monoisotopic (exact) mass is 412 g/mol. The van der Waals surface area contributed by atoms with Crippen molar-refractivity contribution < 1.29 is 18.6 Å². The number of nitrogens with zero attached hydrogens (tertiary/aromatic N) is 2. The van der Waals surface area contributed by atoms with Crippen LogP contribution in [0.25, 0.3) is 44.6 Å². The molecule has 0 aliphatic heterocycles. The maximum absolute atomic E-state index is 6.26. The summed E-state index contributed by atoms with van der Waals surface area (Å²) in [5, 5.41) is 1.07. The van der Waals surface area contributed by atoms with Crippen molar-refractivity contribution >= 4 is 22.0 Å². The van der Waals surface area contributed by atoms with Gasteiger partial charge in [0.25, 0.3) is 0 Å². The highest BCUT2D eigenvalue weighted by Crippen LogP contribution is 2.45. The molecule has 5 rings (SSSR count). The van der Waals surface area contributed by atoms with Crippen LogP contribution in [0.2, 0.25) is 0 Å². The van der Waals surface area contributed by atoms with Crippen LogP contribution in [0, 0.1) is 0 Å². The molecule has 154 valence electrons. The van der Waals surface area contributed by atoms with Crippen LogP contribution >= 0.6 is 0 Å². The molecule has 6 nitrogen and oxygen atoms in total. The van der Waals surface area contributed by atoms with Gasteiger partial charge in [0.15, 0.2) is 17.1 Å². The molecule has 2 heterocycles. The van der Waals surface area contributed by atoms with Crippen LogP contribution in [0.15, 0.2) is 71.3 Å². The van der Waals surface area contributed by atoms with E-state index in [0.717, 1.165) is 27.5 Å². The van der Waals surface area contributed by atoms with Gasteiger partial charge in [-0.1, -0.05) is 24.3 Å². The second-order valence-electron chi connectivity index (χ2n) is 6.97. The lowest BCUT2D eigenvalue weighted by molar-refractivity contribution is 0.324. The first kappa shape index (κ1) is 18.9. The molecule has 31 heavy (non-hydrogen) atoms. The van der Waals surface area contributed by atoms with E-state index in [1.54, 1.807) is 27.5 Å². The number of oxazole rings is 1. The summed E-state index contributed by atoms with van der Waals surface area (Å²) in [6, 6.07) is 19.7. The number of benzene rings is 3. The smallest absolute Gasteiger partial charge is 0.231 e. The molecular formula is C25H20N2O4. The summed E-state index contributed by atoms with van der Waals surface area (Å²) < 4.78 is 22.8. The van der Waals surface area contributed by atoms with Crippen LogP contribution in [0.1, 0.15) is 0 Å². The Bertz CT molecular complexity index is 1410. The largest absolute Gasteiger partial charge is 0.493 e. The quantitative estimate of drug-likeness (QED) is 0.367. The fraction of sp³-hybridized carbons (Fsp3) is 0.120. The standard InChI is InChI=1S/C25H20N2O4/c1-28-21-12-10-18(23(29-2)24(21)30-3)25-27-20-8-4-7-17(22(20)31-25)15-9-11-19-16(14-15)6-5-13-26-19/h4-14H,1-3H3. The predicted octanol–water partition coefficient (Wildman–Crippen LogP) is 5.74. The summed E-state index contributed by atoms with van der Waals surface area (Å²) in [7, 11) is 4.74. The molecule has 0 unspecified atom stereocenters. The summed E-state index contributed by atoms with van der Waals surface area (Å²) >= 11 is 0. The van der Waals surface area contributed by atoms with E-state index in [4.69, 9.17) is 23.6 Å². The molecule has 3 aromatic carbocycles. The first-order valence-electron chi connectivity index (χ1n) is 9.77. The molecule has 0 N–H and O–H groups in total. The van der Waals surface area contributed by atoms with E-state index in [0.29, 0.717) is 34.3 Å². The maximum atomic E-state index is 6.26. The van der Waals surface area contributed by atoms with Gasteiger partial charge in [-0.15, -0.1) is 0 Å². The number of aromatic nitrogens is 2. The van der Waals surface area contributed by atoms with E-state index < -0.39 is 0 Å². The maximum Gasteiger partial charge on any atom is 0.231 e. The zero-order chi connectivity index (χ0) is 21.4. The Balaban J connectivity index is 1.69. The molecule has 0 aliphatic carbocycles. The van der Waals surface area contributed by atoms with Crippen LogP contribution in [0.5, 0.6) is 17.2 Å². The number of hydrogen-bond donors (Lipinski definition) is 0. The van der Waals surface area contributed by atoms with E-state index in [2.05, 4.69) is 11.1 Å². The topological polar surface area (TPSA) is 66.6 Å². The van der Waals surface area contributed by atoms with Crippen molar-refractivity contribution in [1.82, 2.24) is 9.97 Å². The molecule has 0 bridgehead atoms. The Morgan fingerprint density at radius 1 is 0.742 bits per heavy atom. The minimum Gasteiger partial charge on any atom is -0.493 e. The third-order valence-corrected chi connectivity index (χ3v) is 5.26. The van der Waals surface area contributed by atoms with Crippen LogP contribution in [0.3, 0.4) is 0 Å². The van der Waals surface area contributed by atoms with Crippen molar-refractivity contribution in [3.05, 3.63) is 66.9 Å². The second-order valence-corrected chi connectivity index (χ2v) is 6.97. The Morgan fingerprint density at radius 2 is 1.61 bits per heavy atom. The number of ether oxygens (including phenoxy) is 3. The van der Waals surface area contributed by atoms with Gasteiger partial charge in [0.1, 0.15) is 5.52 Å². The van der Waals surface area contributed by atoms with Gasteiger partial charge >= 0.3 is 0 Å². The van der Waals surface area contributed by atoms with Gasteiger partial charge in [-0.05, 0) is 42.0 Å². The molecule has 0 atom stereocenters. The van der Waals surface area contributed by atoms with Crippen LogP contribution in [-0.2, 0) is 0 Å². The summed E-state index contributed by atoms with van der Waals surface area (Å²) in [4.78, 5) is 9.12. The Kier molecular flexibility index (Phi) is 4.67. The van der Waals surface area contributed by atoms with Crippen molar-refractivity contribution in [3.8, 4) is 39.8 Å². The number of hydrogen-bond acceptors (Lipinski definition) is 6. The number of rotatable bonds is 5. The van der Waals surface area contributed by atoms with Gasteiger partial charge in [-0.2, -0.15) is 0 Å². The highest BCUT2D eigenvalue weighted by atomic mass is 16.5. The molecule has 0 saturated heterocycles. The fourth-order valence-corrected chi connectivity index (χ4v) is 3.80. The summed E-state index contributed by atoms with van der Waals surface area (Å²) in [6.45, 7) is 0. The molecular weight excluding hydrogens is 392 g/mol. The second kappa shape index (κ2) is 7.65. The summed E-state index contributed by atoms with van der Waals surface area (Å²) in [5.41, 5.74) is 5.10. The average molecular weight is 412 g/mol. The highest BCUT2D eigenvalue weighted by molar-refractivity contribution is 5.95. The molecule has 0 saturated carbocycles. The third-order valence-electron chi connectivity index (χ3n) is 5.26. The van der Waals surface area contributed by atoms with E-state index in [-0.39, 0.29) is 0 Å². The number of para-hydroxylation sites is 1. The first-order valence-corrected chi connectivity index (χ1v) is 9.77. The zero-order valence-electron chi connectivity index (χ0n) is 17.4. The molecule has 0 radical (unpaired) electrons. The molecule has 6 heteroatoms. The first-order chi connectivity index (χ1) is 15.2. The zero-order valence-corrected chi connectivity index (χ0v) is 17.4. The van der Waals surface area contributed by atoms with Crippen molar-refractivity contribution in [1.29, 1.82) is 0 Å². The number of pyridine rings is 1. The van der Waals surface area contributed by atoms with Crippen molar-refractivity contribution in [3.63, 3.8) is 0 Å². The lowest BCUT2D eigenvalue weighted by atomic mass is 10.0. The lowest BCUT2D eigenvalue weighted by Gasteiger charge is -2.14. The van der Waals surface area contributed by atoms with Gasteiger partial charge in [-0.3, -0.25) is 4.98 Å². The van der Waals surface area contributed by atoms with Crippen LogP contribution < -0.4 is 14.2 Å². The Morgan fingerprint density at radius 3 is 2.42 bits per heavy atom. The average Bonchev–Trinajstić information content (AvgIpc) is 3.26. The SMILES string of the molecule is COc1ccc(-c2nc3cccc(-c4ccc5ncccc5c4)c3o2)c(OC)c1OC. The number of methoxy groups -OCH3 is 3. The molecule has 0 fully saturated rings. The number of fused-ring (bicyclic) bond motifs is 2. The van der Waals surface area contributed by atoms with Crippen molar-refractivity contribution in [2.24, 2.45) is 0 Å². The van der Waals surface area contributed by atoms with Gasteiger partial charge in [0.2, 0.25) is 11.6 Å². The molecule has 5 aromatic rings. The molecule has 0 spiro atoms. The Labute approximate surface area is 179 Å². The van der Waals surface area contributed by atoms with Crippen molar-refractivity contribution in [2.45, 2.75) is 0 Å². The van der Waals surface area contributed by atoms with Gasteiger partial charge in [0, 0.05) is 17.1 Å². The van der Waals surface area contributed by atoms with Crippen LogP contribution in [-0.4, -0.2) is 31.3 Å². The lowest BCUT2D eigenvalue weighted by Crippen LogP contribution is -1.96. The predicted molar refractivity (Wildman–Crippen MR) is 120 cm³/mol. The summed E-state index contributed by atoms with van der Waals surface area (Å²) in [5.74, 6) is 2.02. The minimum atomic E-state index is 0.447. The van der Waals surface area contributed by atoms with Gasteiger partial charge < -0.3 is 18.6 Å². The van der Waals surface area contributed by atoms with E-state index in [1.807, 2.05) is 54.6 Å². The van der Waals surface area contributed by atoms with Gasteiger partial charge in [0.05, 0.1) is 32.4 Å². The third kappa shape index (κ3) is 3.13. The normalized spacial score (nSPS) is 11.1. The fourth-order valence-electron chi connectivity index (χ4n) is 3.80. The minimum absolute atomic E-state index is 0.447. The van der Waals surface area contributed by atoms with Crippen molar-refractivity contribution in [2.75, 3.05) is 21.3 Å². The molecule has 2 aromatic heterocycles. The van der Waals surface area contributed by atoms with E-state index in [9.17, 15) is 0 Å².